The summed E-state index contributed by atoms with van der Waals surface area (Å²) in [7, 11) is 0. The van der Waals surface area contributed by atoms with E-state index >= 15 is 0 Å². The number of rotatable bonds is 9. The summed E-state index contributed by atoms with van der Waals surface area (Å²) in [6.07, 6.45) is 4.89. The first-order valence-corrected chi connectivity index (χ1v) is 6.88. The van der Waals surface area contributed by atoms with Gasteiger partial charge in [0.25, 0.3) is 0 Å². The Balaban J connectivity index is 3.52. The van der Waals surface area contributed by atoms with Crippen molar-refractivity contribution in [2.75, 3.05) is 13.1 Å². The zero-order chi connectivity index (χ0) is 14.0. The Labute approximate surface area is 111 Å². The van der Waals surface area contributed by atoms with Gasteiger partial charge in [-0.3, -0.25) is 9.59 Å². The fraction of sp³-hybridized carbons (Fsp3) is 0.857. The predicted molar refractivity (Wildman–Crippen MR) is 74.2 cm³/mol. The van der Waals surface area contributed by atoms with Crippen molar-refractivity contribution in [3.63, 3.8) is 0 Å². The number of nitrogens with two attached hydrogens (primary N) is 1. The van der Waals surface area contributed by atoms with Crippen LogP contribution in [0.3, 0.4) is 0 Å². The highest BCUT2D eigenvalue weighted by Crippen LogP contribution is 2.17. The van der Waals surface area contributed by atoms with Crippen LogP contribution in [0.4, 0.5) is 0 Å². The third-order valence-electron chi connectivity index (χ3n) is 2.87. The van der Waals surface area contributed by atoms with Gasteiger partial charge in [0.1, 0.15) is 5.78 Å². The zero-order valence-corrected chi connectivity index (χ0v) is 12.1. The van der Waals surface area contributed by atoms with E-state index in [0.717, 1.165) is 32.2 Å². The van der Waals surface area contributed by atoms with Crippen LogP contribution in [-0.4, -0.2) is 24.8 Å². The van der Waals surface area contributed by atoms with Gasteiger partial charge in [-0.05, 0) is 19.4 Å². The second-order valence-corrected chi connectivity index (χ2v) is 5.73. The standard InChI is InChI=1S/C14H28N2O2/c1-14(2,3)12(17)8-9-13(18)16-11-7-5-4-6-10-15/h4-11,15H2,1-3H3,(H,16,18). The van der Waals surface area contributed by atoms with Gasteiger partial charge in [-0.25, -0.2) is 0 Å². The Bertz CT molecular complexity index is 257. The topological polar surface area (TPSA) is 72.2 Å². The van der Waals surface area contributed by atoms with Gasteiger partial charge in [0.2, 0.25) is 5.91 Å². The fourth-order valence-corrected chi connectivity index (χ4v) is 1.54. The first-order valence-electron chi connectivity index (χ1n) is 6.88. The molecule has 0 fully saturated rings. The normalized spacial score (nSPS) is 11.3. The van der Waals surface area contributed by atoms with Gasteiger partial charge in [0.05, 0.1) is 0 Å². The Morgan fingerprint density at radius 2 is 1.61 bits per heavy atom. The molecule has 0 bridgehead atoms. The highest BCUT2D eigenvalue weighted by atomic mass is 16.2. The first-order chi connectivity index (χ1) is 8.38. The van der Waals surface area contributed by atoms with E-state index in [0.29, 0.717) is 19.4 Å². The molecule has 18 heavy (non-hydrogen) atoms. The molecule has 0 saturated heterocycles. The van der Waals surface area contributed by atoms with E-state index < -0.39 is 0 Å². The first kappa shape index (κ1) is 17.1. The molecular formula is C14H28N2O2. The van der Waals surface area contributed by atoms with Gasteiger partial charge in [0.15, 0.2) is 0 Å². The van der Waals surface area contributed by atoms with E-state index in [1.165, 1.54) is 0 Å². The Morgan fingerprint density at radius 1 is 1.00 bits per heavy atom. The van der Waals surface area contributed by atoms with Crippen LogP contribution in [0.5, 0.6) is 0 Å². The van der Waals surface area contributed by atoms with Gasteiger partial charge in [-0.1, -0.05) is 33.6 Å². The minimum absolute atomic E-state index is 0.0218. The molecule has 0 spiro atoms. The molecule has 0 rings (SSSR count). The van der Waals surface area contributed by atoms with Gasteiger partial charge in [0, 0.05) is 24.8 Å². The average molecular weight is 256 g/mol. The summed E-state index contributed by atoms with van der Waals surface area (Å²) in [4.78, 5) is 23.1. The lowest BCUT2D eigenvalue weighted by atomic mass is 9.88. The van der Waals surface area contributed by atoms with Crippen molar-refractivity contribution in [1.82, 2.24) is 5.32 Å². The van der Waals surface area contributed by atoms with Crippen molar-refractivity contribution < 1.29 is 9.59 Å². The van der Waals surface area contributed by atoms with Crippen LogP contribution in [0, 0.1) is 5.41 Å². The molecule has 106 valence electrons. The molecule has 0 aliphatic rings. The van der Waals surface area contributed by atoms with Crippen molar-refractivity contribution in [1.29, 1.82) is 0 Å². The number of carbonyl (C=O) groups is 2. The lowest BCUT2D eigenvalue weighted by Gasteiger charge is -2.16. The molecule has 1 amide bonds. The minimum Gasteiger partial charge on any atom is -0.356 e. The molecule has 0 saturated carbocycles. The van der Waals surface area contributed by atoms with Crippen LogP contribution in [0.2, 0.25) is 0 Å². The fourth-order valence-electron chi connectivity index (χ4n) is 1.54. The van der Waals surface area contributed by atoms with E-state index in [1.807, 2.05) is 20.8 Å². The van der Waals surface area contributed by atoms with E-state index in [9.17, 15) is 9.59 Å². The summed E-state index contributed by atoms with van der Waals surface area (Å²) in [5, 5.41) is 2.84. The summed E-state index contributed by atoms with van der Waals surface area (Å²) >= 11 is 0. The molecule has 0 aromatic heterocycles. The molecule has 0 radical (unpaired) electrons. The summed E-state index contributed by atoms with van der Waals surface area (Å²) in [5.41, 5.74) is 5.05. The maximum absolute atomic E-state index is 11.6. The van der Waals surface area contributed by atoms with Gasteiger partial charge in [-0.15, -0.1) is 0 Å². The summed E-state index contributed by atoms with van der Waals surface area (Å²) in [6.45, 7) is 7.08. The lowest BCUT2D eigenvalue weighted by Crippen LogP contribution is -2.27. The number of unbranched alkanes of at least 4 members (excludes halogenated alkanes) is 3. The second-order valence-electron chi connectivity index (χ2n) is 5.73. The monoisotopic (exact) mass is 256 g/mol. The highest BCUT2D eigenvalue weighted by molar-refractivity contribution is 5.88. The number of carbonyl (C=O) groups excluding carboxylic acids is 2. The highest BCUT2D eigenvalue weighted by Gasteiger charge is 2.21. The summed E-state index contributed by atoms with van der Waals surface area (Å²) in [5.74, 6) is 0.118. The van der Waals surface area contributed by atoms with Crippen molar-refractivity contribution in [2.45, 2.75) is 59.3 Å². The Morgan fingerprint density at radius 3 is 2.17 bits per heavy atom. The number of hydrogen-bond acceptors (Lipinski definition) is 3. The molecule has 0 aromatic carbocycles. The van der Waals surface area contributed by atoms with Crippen molar-refractivity contribution >= 4 is 11.7 Å². The van der Waals surface area contributed by atoms with Gasteiger partial charge < -0.3 is 11.1 Å². The minimum atomic E-state index is -0.345. The van der Waals surface area contributed by atoms with Crippen LogP contribution >= 0.6 is 0 Å². The number of Topliss-reactive ketones (excluding diaryl/α,β-unsaturated/α-hetero) is 1. The number of nitrogens with one attached hydrogen (secondary N) is 1. The number of ketones is 1. The Hall–Kier alpha value is -0.900. The molecule has 0 aliphatic carbocycles. The van der Waals surface area contributed by atoms with Gasteiger partial charge >= 0.3 is 0 Å². The molecular weight excluding hydrogens is 228 g/mol. The Kier molecular flexibility index (Phi) is 8.63. The quantitative estimate of drug-likeness (QED) is 0.620. The van der Waals surface area contributed by atoms with Crippen molar-refractivity contribution in [3.8, 4) is 0 Å². The second kappa shape index (κ2) is 9.09. The molecule has 0 unspecified atom stereocenters. The maximum Gasteiger partial charge on any atom is 0.220 e. The molecule has 0 heterocycles. The molecule has 3 N–H and O–H groups in total. The molecule has 0 aliphatic heterocycles. The van der Waals surface area contributed by atoms with Crippen molar-refractivity contribution in [2.24, 2.45) is 11.1 Å². The largest absolute Gasteiger partial charge is 0.356 e. The molecule has 0 aromatic rings. The zero-order valence-electron chi connectivity index (χ0n) is 12.1. The number of hydrogen-bond donors (Lipinski definition) is 2. The van der Waals surface area contributed by atoms with Crippen LogP contribution in [-0.2, 0) is 9.59 Å². The predicted octanol–water partition coefficient (Wildman–Crippen LogP) is 2.02. The third kappa shape index (κ3) is 9.16. The van der Waals surface area contributed by atoms with Crippen molar-refractivity contribution in [3.05, 3.63) is 0 Å². The van der Waals surface area contributed by atoms with Crippen LogP contribution in [0.1, 0.15) is 59.3 Å². The van der Waals surface area contributed by atoms with E-state index in [2.05, 4.69) is 5.32 Å². The SMILES string of the molecule is CC(C)(C)C(=O)CCC(=O)NCCCCCCN. The smallest absolute Gasteiger partial charge is 0.220 e. The molecule has 4 nitrogen and oxygen atoms in total. The van der Waals surface area contributed by atoms with E-state index in [1.54, 1.807) is 0 Å². The molecule has 4 heteroatoms. The summed E-state index contributed by atoms with van der Waals surface area (Å²) in [6, 6.07) is 0. The van der Waals surface area contributed by atoms with Gasteiger partial charge in [-0.2, -0.15) is 0 Å². The number of amides is 1. The lowest BCUT2D eigenvalue weighted by molar-refractivity contribution is -0.129. The maximum atomic E-state index is 11.6. The third-order valence-corrected chi connectivity index (χ3v) is 2.87. The average Bonchev–Trinajstić information content (AvgIpc) is 2.29. The van der Waals surface area contributed by atoms with Crippen LogP contribution < -0.4 is 11.1 Å². The van der Waals surface area contributed by atoms with Crippen LogP contribution in [0.15, 0.2) is 0 Å². The molecule has 0 atom stereocenters. The van der Waals surface area contributed by atoms with E-state index in [4.69, 9.17) is 5.73 Å². The van der Waals surface area contributed by atoms with E-state index in [-0.39, 0.29) is 17.1 Å². The summed E-state index contributed by atoms with van der Waals surface area (Å²) < 4.78 is 0. The van der Waals surface area contributed by atoms with Crippen LogP contribution in [0.25, 0.3) is 0 Å².